The van der Waals surface area contributed by atoms with Crippen LogP contribution in [0.1, 0.15) is 25.3 Å². The van der Waals surface area contributed by atoms with Crippen LogP contribution < -0.4 is 10.1 Å². The second-order valence-corrected chi connectivity index (χ2v) is 14.7. The van der Waals surface area contributed by atoms with Gasteiger partial charge in [-0.3, -0.25) is 4.57 Å². The van der Waals surface area contributed by atoms with Crippen molar-refractivity contribution in [3.8, 4) is 5.75 Å². The molecule has 0 radical (unpaired) electrons. The zero-order valence-corrected chi connectivity index (χ0v) is 25.5. The van der Waals surface area contributed by atoms with E-state index in [-0.39, 0.29) is 5.02 Å². The van der Waals surface area contributed by atoms with Gasteiger partial charge in [-0.15, -0.1) is 0 Å². The van der Waals surface area contributed by atoms with E-state index < -0.39 is 13.2 Å². The van der Waals surface area contributed by atoms with E-state index >= 15 is 0 Å². The average Bonchev–Trinajstić information content (AvgIpc) is 3.23. The largest absolute Gasteiger partial charge is 0.494 e. The van der Waals surface area contributed by atoms with Crippen molar-refractivity contribution in [1.82, 2.24) is 19.7 Å². The van der Waals surface area contributed by atoms with E-state index in [0.717, 1.165) is 38.7 Å². The molecule has 0 bridgehead atoms. The molecule has 0 spiro atoms. The highest BCUT2D eigenvalue weighted by Crippen LogP contribution is 2.37. The Bertz CT molecular complexity index is 1560. The minimum atomic E-state index is -2.98. The quantitative estimate of drug-likeness (QED) is 0.0672. The number of rotatable bonds is 13. The van der Waals surface area contributed by atoms with Crippen LogP contribution in [-0.2, 0) is 17.5 Å². The van der Waals surface area contributed by atoms with Crippen molar-refractivity contribution in [1.29, 1.82) is 0 Å². The van der Waals surface area contributed by atoms with Gasteiger partial charge in [0.1, 0.15) is 23.7 Å². The molecule has 1 atom stereocenters. The number of benzene rings is 2. The van der Waals surface area contributed by atoms with Gasteiger partial charge in [0.25, 0.3) is 0 Å². The maximum absolute atomic E-state index is 13.6. The predicted octanol–water partition coefficient (Wildman–Crippen LogP) is 7.57. The number of hydrogen-bond acceptors (Lipinski definition) is 9. The molecule has 0 aliphatic heterocycles. The van der Waals surface area contributed by atoms with Crippen LogP contribution in [0.4, 0.5) is 15.9 Å². The second-order valence-electron chi connectivity index (χ2n) is 8.82. The third-order valence-electron chi connectivity index (χ3n) is 5.65. The topological polar surface area (TPSA) is 102 Å². The lowest BCUT2D eigenvalue weighted by Gasteiger charge is -2.14. The Morgan fingerprint density at radius 1 is 1.28 bits per heavy atom. The van der Waals surface area contributed by atoms with Crippen molar-refractivity contribution in [2.75, 3.05) is 30.5 Å². The van der Waals surface area contributed by atoms with Gasteiger partial charge in [-0.05, 0) is 68.2 Å². The van der Waals surface area contributed by atoms with Gasteiger partial charge < -0.3 is 14.9 Å². The Kier molecular flexibility index (Phi) is 10.4. The maximum Gasteiger partial charge on any atom is 0.197 e. The molecule has 2 aromatic heterocycles. The lowest BCUT2D eigenvalue weighted by molar-refractivity contribution is 0.336. The zero-order valence-electron chi connectivity index (χ0n) is 21.4. The summed E-state index contributed by atoms with van der Waals surface area (Å²) in [5, 5.41) is 8.67. The summed E-state index contributed by atoms with van der Waals surface area (Å²) < 4.78 is 34.4. The molecule has 0 fully saturated rings. The van der Waals surface area contributed by atoms with Crippen molar-refractivity contribution in [2.45, 2.75) is 37.1 Å². The van der Waals surface area contributed by atoms with Gasteiger partial charge in [0.05, 0.1) is 17.1 Å². The Morgan fingerprint density at radius 3 is 2.85 bits per heavy atom. The number of aryl methyl sites for hydroxylation is 2. The van der Waals surface area contributed by atoms with Gasteiger partial charge in [0.2, 0.25) is 0 Å². The summed E-state index contributed by atoms with van der Waals surface area (Å²) in [4.78, 5) is 18.3. The van der Waals surface area contributed by atoms with Crippen LogP contribution in [0.15, 0.2) is 41.0 Å². The summed E-state index contributed by atoms with van der Waals surface area (Å²) in [5.74, 6) is 1.57. The number of aromatic nitrogens is 4. The van der Waals surface area contributed by atoms with Gasteiger partial charge in [-0.25, -0.2) is 19.0 Å². The number of nitrogens with zero attached hydrogens (tertiary/aromatic N) is 4. The molecule has 8 nitrogen and oxygen atoms in total. The Labute approximate surface area is 244 Å². The van der Waals surface area contributed by atoms with Crippen molar-refractivity contribution in [2.24, 2.45) is 0 Å². The second kappa shape index (κ2) is 13.5. The number of hydrogen-bond donors (Lipinski definition) is 2. The molecule has 0 amide bonds. The summed E-state index contributed by atoms with van der Waals surface area (Å²) in [6, 6.07) is 8.34. The fraction of sp³-hybridized carbons (Fsp3) is 0.360. The highest BCUT2D eigenvalue weighted by molar-refractivity contribution is 8.01. The first kappa shape index (κ1) is 29.9. The summed E-state index contributed by atoms with van der Waals surface area (Å²) >= 11 is 14.5. The average molecular weight is 628 g/mol. The van der Waals surface area contributed by atoms with Gasteiger partial charge in [-0.2, -0.15) is 5.10 Å². The van der Waals surface area contributed by atoms with E-state index in [1.165, 1.54) is 36.5 Å². The highest BCUT2D eigenvalue weighted by atomic mass is 35.5. The van der Waals surface area contributed by atoms with Gasteiger partial charge in [0, 0.05) is 42.3 Å². The molecule has 208 valence electrons. The van der Waals surface area contributed by atoms with Crippen molar-refractivity contribution < 1.29 is 18.6 Å². The van der Waals surface area contributed by atoms with Gasteiger partial charge in [-0.1, -0.05) is 34.7 Å². The molecule has 4 rings (SSSR count). The number of anilines is 2. The highest BCUT2D eigenvalue weighted by Gasteiger charge is 2.13. The lowest BCUT2D eigenvalue weighted by Crippen LogP contribution is -2.04. The SMILES string of the molecule is CCOc1cc2ncnc(Nc3ccc(F)c(Cl)c3)c2cc1CCCn1nc(SCCCP(C)(=O)O)sc1=S. The smallest absolute Gasteiger partial charge is 0.197 e. The zero-order chi connectivity index (χ0) is 28.0. The monoisotopic (exact) mass is 627 g/mol. The number of ether oxygens (including phenoxy) is 1. The van der Waals surface area contributed by atoms with Crippen LogP contribution in [0.25, 0.3) is 10.9 Å². The van der Waals surface area contributed by atoms with Crippen molar-refractivity contribution in [3.05, 3.63) is 57.0 Å². The number of halogens is 2. The van der Waals surface area contributed by atoms with Gasteiger partial charge in [0.15, 0.2) is 15.7 Å². The molecule has 2 heterocycles. The normalized spacial score (nSPS) is 12.9. The molecule has 0 aliphatic rings. The van der Waals surface area contributed by atoms with E-state index in [2.05, 4.69) is 20.4 Å². The Morgan fingerprint density at radius 2 is 2.10 bits per heavy atom. The lowest BCUT2D eigenvalue weighted by atomic mass is 10.0. The van der Waals surface area contributed by atoms with E-state index in [0.29, 0.717) is 47.6 Å². The summed E-state index contributed by atoms with van der Waals surface area (Å²) in [6.07, 6.45) is 3.92. The molecule has 4 aromatic rings. The molecule has 14 heteroatoms. The first-order valence-electron chi connectivity index (χ1n) is 12.3. The molecule has 0 saturated heterocycles. The Balaban J connectivity index is 1.47. The molecule has 1 unspecified atom stereocenters. The summed E-state index contributed by atoms with van der Waals surface area (Å²) in [5.41, 5.74) is 2.34. The standard InChI is InChI=1S/C25H28ClFN5O3PS3/c1-3-35-22-14-21-18(23(29-15-28-21)30-17-7-8-20(27)19(26)13-17)12-16(22)6-4-9-32-25(37)39-24(31-32)38-11-5-10-36(2,33)34/h7-8,12-15H,3-6,9-11H2,1-2H3,(H,33,34)(H,28,29,30). The predicted molar refractivity (Wildman–Crippen MR) is 161 cm³/mol. The minimum absolute atomic E-state index is 0.0248. The van der Waals surface area contributed by atoms with E-state index in [1.54, 1.807) is 17.8 Å². The fourth-order valence-corrected chi connectivity index (χ4v) is 7.38. The van der Waals surface area contributed by atoms with Crippen LogP contribution in [0.3, 0.4) is 0 Å². The van der Waals surface area contributed by atoms with Crippen LogP contribution in [0.5, 0.6) is 5.75 Å². The number of nitrogens with one attached hydrogen (secondary N) is 1. The van der Waals surface area contributed by atoms with Crippen LogP contribution in [-0.4, -0.2) is 49.8 Å². The molecule has 2 N–H and O–H groups in total. The third-order valence-corrected chi connectivity index (χ3v) is 9.61. The molecular formula is C25H28ClFN5O3PS3. The van der Waals surface area contributed by atoms with Crippen molar-refractivity contribution in [3.63, 3.8) is 0 Å². The number of fused-ring (bicyclic) bond motifs is 1. The van der Waals surface area contributed by atoms with Crippen LogP contribution >= 0.6 is 54.3 Å². The van der Waals surface area contributed by atoms with Crippen LogP contribution in [0.2, 0.25) is 5.02 Å². The molecule has 0 saturated carbocycles. The van der Waals surface area contributed by atoms with Gasteiger partial charge >= 0.3 is 0 Å². The van der Waals surface area contributed by atoms with Crippen LogP contribution in [0, 0.1) is 9.77 Å². The molecular weight excluding hydrogens is 600 g/mol. The van der Waals surface area contributed by atoms with E-state index in [1.807, 2.05) is 23.7 Å². The molecule has 0 aliphatic carbocycles. The van der Waals surface area contributed by atoms with E-state index in [9.17, 15) is 13.8 Å². The summed E-state index contributed by atoms with van der Waals surface area (Å²) in [6.45, 7) is 4.48. The third kappa shape index (κ3) is 8.45. The Hall–Kier alpha value is -2.08. The van der Waals surface area contributed by atoms with Crippen molar-refractivity contribution >= 4 is 76.7 Å². The first-order chi connectivity index (χ1) is 18.6. The molecule has 39 heavy (non-hydrogen) atoms. The number of thioether (sulfide) groups is 1. The first-order valence-corrected chi connectivity index (χ1v) is 17.1. The molecule has 2 aromatic carbocycles. The van der Waals surface area contributed by atoms with E-state index in [4.69, 9.17) is 28.6 Å². The summed E-state index contributed by atoms with van der Waals surface area (Å²) in [7, 11) is -2.98. The maximum atomic E-state index is 13.6. The fourth-order valence-electron chi connectivity index (χ4n) is 3.85. The minimum Gasteiger partial charge on any atom is -0.494 e.